The van der Waals surface area contributed by atoms with Gasteiger partial charge in [-0.1, -0.05) is 36.4 Å². The zero-order valence-electron chi connectivity index (χ0n) is 13.9. The number of carbonyl (C=O) groups is 2. The number of benzene rings is 2. The molecule has 6 heteroatoms. The predicted molar refractivity (Wildman–Crippen MR) is 95.7 cm³/mol. The van der Waals surface area contributed by atoms with Crippen molar-refractivity contribution in [2.24, 2.45) is 0 Å². The minimum absolute atomic E-state index is 0.0111. The van der Waals surface area contributed by atoms with Crippen LogP contribution in [0.2, 0.25) is 0 Å². The number of hydrogen-bond acceptors (Lipinski definition) is 3. The molecule has 1 heterocycles. The molecule has 3 rings (SSSR count). The van der Waals surface area contributed by atoms with Gasteiger partial charge in [-0.15, -0.1) is 0 Å². The number of nitrogens with one attached hydrogen (secondary N) is 2. The molecule has 3 amide bonds. The van der Waals surface area contributed by atoms with E-state index in [4.69, 9.17) is 4.74 Å². The van der Waals surface area contributed by atoms with Crippen LogP contribution in [0.25, 0.3) is 0 Å². The van der Waals surface area contributed by atoms with Crippen LogP contribution in [-0.2, 0) is 0 Å². The lowest BCUT2D eigenvalue weighted by Crippen LogP contribution is -2.48. The van der Waals surface area contributed by atoms with Crippen molar-refractivity contribution < 1.29 is 14.3 Å². The molecule has 0 aromatic heterocycles. The van der Waals surface area contributed by atoms with Crippen molar-refractivity contribution in [3.63, 3.8) is 0 Å². The lowest BCUT2D eigenvalue weighted by atomic mass is 10.1. The number of carbonyl (C=O) groups excluding carboxylic acids is 2. The van der Waals surface area contributed by atoms with Crippen LogP contribution >= 0.6 is 0 Å². The van der Waals surface area contributed by atoms with Crippen molar-refractivity contribution in [1.29, 1.82) is 0 Å². The highest BCUT2D eigenvalue weighted by Crippen LogP contribution is 2.14. The predicted octanol–water partition coefficient (Wildman–Crippen LogP) is 3.47. The number of rotatable bonds is 3. The summed E-state index contributed by atoms with van der Waals surface area (Å²) < 4.78 is 5.23. The van der Waals surface area contributed by atoms with Crippen molar-refractivity contribution in [2.75, 3.05) is 18.4 Å². The Kier molecular flexibility index (Phi) is 5.51. The van der Waals surface area contributed by atoms with E-state index in [1.165, 1.54) is 0 Å². The normalized spacial score (nSPS) is 14.6. The van der Waals surface area contributed by atoms with Gasteiger partial charge in [0.05, 0.1) is 0 Å². The number of para-hydroxylation sites is 2. The van der Waals surface area contributed by atoms with Crippen LogP contribution in [0, 0.1) is 0 Å². The van der Waals surface area contributed by atoms with E-state index in [1.54, 1.807) is 17.0 Å². The molecular formula is C19H21N3O3. The average Bonchev–Trinajstić information content (AvgIpc) is 2.64. The molecule has 2 aromatic carbocycles. The third kappa shape index (κ3) is 4.97. The standard InChI is InChI=1S/C19H21N3O3/c23-18(20-15-7-3-1-4-8-15)22-13-11-16(12-14-22)21-19(24)25-17-9-5-2-6-10-17/h1-10,16H,11-14H2,(H,20,23)(H,21,24). The molecule has 1 aliphatic rings. The smallest absolute Gasteiger partial charge is 0.410 e. The third-order valence-corrected chi connectivity index (χ3v) is 4.08. The Morgan fingerprint density at radius 2 is 1.52 bits per heavy atom. The quantitative estimate of drug-likeness (QED) is 0.899. The second-order valence-corrected chi connectivity index (χ2v) is 5.90. The summed E-state index contributed by atoms with van der Waals surface area (Å²) in [5, 5.41) is 5.73. The maximum atomic E-state index is 12.2. The number of anilines is 1. The van der Waals surface area contributed by atoms with Crippen LogP contribution < -0.4 is 15.4 Å². The van der Waals surface area contributed by atoms with Crippen molar-refractivity contribution in [3.05, 3.63) is 60.7 Å². The highest BCUT2D eigenvalue weighted by atomic mass is 16.6. The second kappa shape index (κ2) is 8.19. The summed E-state index contributed by atoms with van der Waals surface area (Å²) >= 11 is 0. The van der Waals surface area contributed by atoms with E-state index in [0.29, 0.717) is 31.7 Å². The molecule has 0 spiro atoms. The molecule has 0 aliphatic carbocycles. The van der Waals surface area contributed by atoms with Gasteiger partial charge in [-0.3, -0.25) is 0 Å². The summed E-state index contributed by atoms with van der Waals surface area (Å²) in [6.07, 6.45) is 0.941. The number of hydrogen-bond donors (Lipinski definition) is 2. The first-order valence-corrected chi connectivity index (χ1v) is 8.35. The highest BCUT2D eigenvalue weighted by molar-refractivity contribution is 5.89. The molecule has 2 N–H and O–H groups in total. The topological polar surface area (TPSA) is 70.7 Å². The summed E-state index contributed by atoms with van der Waals surface area (Å²) in [7, 11) is 0. The first-order chi connectivity index (χ1) is 12.2. The second-order valence-electron chi connectivity index (χ2n) is 5.90. The number of amides is 3. The Morgan fingerprint density at radius 1 is 0.920 bits per heavy atom. The van der Waals surface area contributed by atoms with Gasteiger partial charge in [-0.2, -0.15) is 0 Å². The highest BCUT2D eigenvalue weighted by Gasteiger charge is 2.24. The van der Waals surface area contributed by atoms with Gasteiger partial charge in [0.25, 0.3) is 0 Å². The van der Waals surface area contributed by atoms with Crippen LogP contribution in [-0.4, -0.2) is 36.2 Å². The van der Waals surface area contributed by atoms with E-state index in [-0.39, 0.29) is 12.1 Å². The maximum absolute atomic E-state index is 12.2. The lowest BCUT2D eigenvalue weighted by Gasteiger charge is -2.32. The van der Waals surface area contributed by atoms with E-state index >= 15 is 0 Å². The average molecular weight is 339 g/mol. The molecule has 0 atom stereocenters. The third-order valence-electron chi connectivity index (χ3n) is 4.08. The van der Waals surface area contributed by atoms with E-state index in [1.807, 2.05) is 48.5 Å². The van der Waals surface area contributed by atoms with Crippen LogP contribution in [0.4, 0.5) is 15.3 Å². The minimum Gasteiger partial charge on any atom is -0.410 e. The fourth-order valence-corrected chi connectivity index (χ4v) is 2.74. The monoisotopic (exact) mass is 339 g/mol. The van der Waals surface area contributed by atoms with Crippen LogP contribution in [0.1, 0.15) is 12.8 Å². The Morgan fingerprint density at radius 3 is 2.16 bits per heavy atom. The molecule has 1 fully saturated rings. The maximum Gasteiger partial charge on any atom is 0.412 e. The summed E-state index contributed by atoms with van der Waals surface area (Å²) in [5.41, 5.74) is 0.777. The minimum atomic E-state index is -0.460. The summed E-state index contributed by atoms with van der Waals surface area (Å²) in [6.45, 7) is 1.18. The largest absolute Gasteiger partial charge is 0.412 e. The molecular weight excluding hydrogens is 318 g/mol. The van der Waals surface area contributed by atoms with Crippen LogP contribution in [0.3, 0.4) is 0 Å². The first-order valence-electron chi connectivity index (χ1n) is 8.35. The summed E-state index contributed by atoms with van der Waals surface area (Å²) in [4.78, 5) is 25.9. The van der Waals surface area contributed by atoms with Crippen molar-refractivity contribution in [1.82, 2.24) is 10.2 Å². The zero-order chi connectivity index (χ0) is 17.5. The SMILES string of the molecule is O=C(NC1CCN(C(=O)Nc2ccccc2)CC1)Oc1ccccc1. The fraction of sp³-hybridized carbons (Fsp3) is 0.263. The van der Waals surface area contributed by atoms with Crippen LogP contribution in [0.5, 0.6) is 5.75 Å². The van der Waals surface area contributed by atoms with Gasteiger partial charge in [0, 0.05) is 24.8 Å². The van der Waals surface area contributed by atoms with Gasteiger partial charge in [0.1, 0.15) is 5.75 Å². The molecule has 1 saturated heterocycles. The first kappa shape index (κ1) is 16.8. The number of nitrogens with zero attached hydrogens (tertiary/aromatic N) is 1. The molecule has 0 bridgehead atoms. The molecule has 1 aliphatic heterocycles. The summed E-state index contributed by atoms with van der Waals surface area (Å²) in [6, 6.07) is 18.2. The van der Waals surface area contributed by atoms with E-state index in [9.17, 15) is 9.59 Å². The van der Waals surface area contributed by atoms with Gasteiger partial charge in [0.2, 0.25) is 0 Å². The molecule has 0 saturated carbocycles. The summed E-state index contributed by atoms with van der Waals surface area (Å²) in [5.74, 6) is 0.514. The molecule has 25 heavy (non-hydrogen) atoms. The van der Waals surface area contributed by atoms with E-state index in [2.05, 4.69) is 10.6 Å². The van der Waals surface area contributed by atoms with Crippen molar-refractivity contribution >= 4 is 17.8 Å². The van der Waals surface area contributed by atoms with Gasteiger partial charge in [-0.05, 0) is 37.1 Å². The molecule has 0 unspecified atom stereocenters. The zero-order valence-corrected chi connectivity index (χ0v) is 13.9. The van der Waals surface area contributed by atoms with Gasteiger partial charge >= 0.3 is 12.1 Å². The molecule has 2 aromatic rings. The van der Waals surface area contributed by atoms with Crippen molar-refractivity contribution in [2.45, 2.75) is 18.9 Å². The molecule has 130 valence electrons. The van der Waals surface area contributed by atoms with E-state index in [0.717, 1.165) is 5.69 Å². The number of piperidine rings is 1. The molecule has 6 nitrogen and oxygen atoms in total. The van der Waals surface area contributed by atoms with Gasteiger partial charge < -0.3 is 20.3 Å². The molecule has 0 radical (unpaired) electrons. The van der Waals surface area contributed by atoms with Gasteiger partial charge in [-0.25, -0.2) is 9.59 Å². The van der Waals surface area contributed by atoms with Crippen molar-refractivity contribution in [3.8, 4) is 5.75 Å². The Bertz CT molecular complexity index is 698. The number of ether oxygens (including phenoxy) is 1. The van der Waals surface area contributed by atoms with E-state index < -0.39 is 6.09 Å². The Hall–Kier alpha value is -3.02. The van der Waals surface area contributed by atoms with Crippen LogP contribution in [0.15, 0.2) is 60.7 Å². The Balaban J connectivity index is 1.42. The number of urea groups is 1. The Labute approximate surface area is 146 Å². The lowest BCUT2D eigenvalue weighted by molar-refractivity contribution is 0.175. The van der Waals surface area contributed by atoms with Gasteiger partial charge in [0.15, 0.2) is 0 Å². The fourth-order valence-electron chi connectivity index (χ4n) is 2.74. The number of likely N-dealkylation sites (tertiary alicyclic amines) is 1.